The topological polar surface area (TPSA) is 53.1 Å². The van der Waals surface area contributed by atoms with Crippen LogP contribution in [0, 0.1) is 0 Å². The smallest absolute Gasteiger partial charge is 0.297 e. The van der Waals surface area contributed by atoms with Gasteiger partial charge in [0.1, 0.15) is 6.61 Å². The van der Waals surface area contributed by atoms with Crippen LogP contribution >= 0.6 is 0 Å². The van der Waals surface area contributed by atoms with Crippen LogP contribution in [0.2, 0.25) is 0 Å². The second-order valence-corrected chi connectivity index (χ2v) is 5.65. The summed E-state index contributed by atoms with van der Waals surface area (Å²) in [6.45, 7) is 0.560. The number of aryl methyl sites for hydroxylation is 1. The third kappa shape index (κ3) is 2.45. The number of benzene rings is 1. The zero-order chi connectivity index (χ0) is 13.3. The molecule has 0 saturated heterocycles. The molecule has 2 aromatic rings. The minimum atomic E-state index is -0.170. The predicted molar refractivity (Wildman–Crippen MR) is 76.2 cm³/mol. The van der Waals surface area contributed by atoms with Gasteiger partial charge < -0.3 is 10.5 Å². The molecule has 0 spiro atoms. The lowest BCUT2D eigenvalue weighted by Crippen LogP contribution is -2.47. The Morgan fingerprint density at radius 3 is 2.74 bits per heavy atom. The maximum absolute atomic E-state index is 6.39. The number of hydrogen-bond donors (Lipinski definition) is 1. The summed E-state index contributed by atoms with van der Waals surface area (Å²) in [7, 11) is 1.98. The summed E-state index contributed by atoms with van der Waals surface area (Å²) in [5, 5.41) is 0. The SMILES string of the molecule is Cn1c(OCC2(N)CCCCC2)nc2ccccc21. The first-order valence-corrected chi connectivity index (χ1v) is 7.01. The van der Waals surface area contributed by atoms with Crippen LogP contribution in [0.4, 0.5) is 0 Å². The minimum Gasteiger partial charge on any atom is -0.463 e. The van der Waals surface area contributed by atoms with E-state index in [4.69, 9.17) is 10.5 Å². The molecular formula is C15H21N3O. The standard InChI is InChI=1S/C15H21N3O/c1-18-13-8-4-3-7-12(13)17-14(18)19-11-15(16)9-5-2-6-10-15/h3-4,7-8H,2,5-6,9-11,16H2,1H3. The van der Waals surface area contributed by atoms with Crippen molar-refractivity contribution in [2.45, 2.75) is 37.6 Å². The van der Waals surface area contributed by atoms with Crippen LogP contribution in [0.5, 0.6) is 6.01 Å². The first kappa shape index (κ1) is 12.5. The summed E-state index contributed by atoms with van der Waals surface area (Å²) in [4.78, 5) is 4.51. The van der Waals surface area contributed by atoms with Gasteiger partial charge in [0.15, 0.2) is 0 Å². The van der Waals surface area contributed by atoms with E-state index in [1.54, 1.807) is 0 Å². The highest BCUT2D eigenvalue weighted by Gasteiger charge is 2.28. The molecule has 1 aliphatic rings. The normalized spacial score (nSPS) is 18.6. The summed E-state index contributed by atoms with van der Waals surface area (Å²) in [6.07, 6.45) is 5.82. The van der Waals surface area contributed by atoms with Crippen molar-refractivity contribution >= 4 is 11.0 Å². The molecule has 4 heteroatoms. The molecule has 1 heterocycles. The minimum absolute atomic E-state index is 0.170. The van der Waals surface area contributed by atoms with E-state index >= 15 is 0 Å². The van der Waals surface area contributed by atoms with Crippen molar-refractivity contribution in [2.75, 3.05) is 6.61 Å². The van der Waals surface area contributed by atoms with E-state index in [1.807, 2.05) is 35.9 Å². The van der Waals surface area contributed by atoms with Gasteiger partial charge in [0.2, 0.25) is 0 Å². The lowest BCUT2D eigenvalue weighted by Gasteiger charge is -2.32. The number of nitrogens with two attached hydrogens (primary N) is 1. The maximum atomic E-state index is 6.39. The molecule has 1 saturated carbocycles. The number of rotatable bonds is 3. The van der Waals surface area contributed by atoms with Crippen molar-refractivity contribution in [1.29, 1.82) is 0 Å². The Balaban J connectivity index is 1.76. The summed E-state index contributed by atoms with van der Waals surface area (Å²) in [6, 6.07) is 8.72. The van der Waals surface area contributed by atoms with E-state index in [0.717, 1.165) is 23.9 Å². The molecular weight excluding hydrogens is 238 g/mol. The Kier molecular flexibility index (Phi) is 3.19. The molecule has 3 rings (SSSR count). The van der Waals surface area contributed by atoms with E-state index in [-0.39, 0.29) is 5.54 Å². The Bertz CT molecular complexity index is 570. The van der Waals surface area contributed by atoms with Gasteiger partial charge in [0, 0.05) is 7.05 Å². The summed E-state index contributed by atoms with van der Waals surface area (Å²) in [5.74, 6) is 0. The molecule has 1 fully saturated rings. The van der Waals surface area contributed by atoms with Crippen molar-refractivity contribution < 1.29 is 4.74 Å². The highest BCUT2D eigenvalue weighted by atomic mass is 16.5. The van der Waals surface area contributed by atoms with Gasteiger partial charge >= 0.3 is 0 Å². The molecule has 1 aromatic carbocycles. The zero-order valence-corrected chi connectivity index (χ0v) is 11.4. The van der Waals surface area contributed by atoms with Crippen LogP contribution in [0.3, 0.4) is 0 Å². The number of aromatic nitrogens is 2. The van der Waals surface area contributed by atoms with Crippen molar-refractivity contribution in [3.63, 3.8) is 0 Å². The van der Waals surface area contributed by atoms with Gasteiger partial charge in [-0.15, -0.1) is 0 Å². The molecule has 0 bridgehead atoms. The van der Waals surface area contributed by atoms with Gasteiger partial charge in [-0.3, -0.25) is 4.57 Å². The number of hydrogen-bond acceptors (Lipinski definition) is 3. The molecule has 0 aliphatic heterocycles. The quantitative estimate of drug-likeness (QED) is 0.921. The van der Waals surface area contributed by atoms with Gasteiger partial charge in [0.25, 0.3) is 6.01 Å². The number of ether oxygens (including phenoxy) is 1. The van der Waals surface area contributed by atoms with Crippen molar-refractivity contribution in [1.82, 2.24) is 9.55 Å². The van der Waals surface area contributed by atoms with Crippen LogP contribution in [-0.4, -0.2) is 21.7 Å². The number of nitrogens with zero attached hydrogens (tertiary/aromatic N) is 2. The molecule has 0 radical (unpaired) electrons. The average molecular weight is 259 g/mol. The van der Waals surface area contributed by atoms with Crippen LogP contribution < -0.4 is 10.5 Å². The highest BCUT2D eigenvalue weighted by Crippen LogP contribution is 2.27. The van der Waals surface area contributed by atoms with Crippen LogP contribution in [0.1, 0.15) is 32.1 Å². The lowest BCUT2D eigenvalue weighted by molar-refractivity contribution is 0.161. The molecule has 4 nitrogen and oxygen atoms in total. The van der Waals surface area contributed by atoms with E-state index in [0.29, 0.717) is 12.6 Å². The third-order valence-electron chi connectivity index (χ3n) is 4.08. The zero-order valence-electron chi connectivity index (χ0n) is 11.4. The van der Waals surface area contributed by atoms with Gasteiger partial charge in [-0.25, -0.2) is 0 Å². The Labute approximate surface area is 113 Å². The fraction of sp³-hybridized carbons (Fsp3) is 0.533. The summed E-state index contributed by atoms with van der Waals surface area (Å²) in [5.41, 5.74) is 8.28. The molecule has 2 N–H and O–H groups in total. The molecule has 0 amide bonds. The van der Waals surface area contributed by atoms with Crippen LogP contribution in [0.15, 0.2) is 24.3 Å². The highest BCUT2D eigenvalue weighted by molar-refractivity contribution is 5.76. The van der Waals surface area contributed by atoms with Crippen molar-refractivity contribution in [3.8, 4) is 6.01 Å². The van der Waals surface area contributed by atoms with Gasteiger partial charge in [-0.05, 0) is 25.0 Å². The lowest BCUT2D eigenvalue weighted by atomic mass is 9.83. The maximum Gasteiger partial charge on any atom is 0.297 e. The largest absolute Gasteiger partial charge is 0.463 e. The Morgan fingerprint density at radius 2 is 2.00 bits per heavy atom. The summed E-state index contributed by atoms with van der Waals surface area (Å²) < 4.78 is 7.88. The molecule has 0 unspecified atom stereocenters. The molecule has 102 valence electrons. The van der Waals surface area contributed by atoms with Gasteiger partial charge in [0.05, 0.1) is 16.6 Å². The Morgan fingerprint density at radius 1 is 1.26 bits per heavy atom. The van der Waals surface area contributed by atoms with Gasteiger partial charge in [-0.1, -0.05) is 31.4 Å². The third-order valence-corrected chi connectivity index (χ3v) is 4.08. The monoisotopic (exact) mass is 259 g/mol. The van der Waals surface area contributed by atoms with E-state index < -0.39 is 0 Å². The molecule has 1 aromatic heterocycles. The fourth-order valence-electron chi connectivity index (χ4n) is 2.86. The van der Waals surface area contributed by atoms with Gasteiger partial charge in [-0.2, -0.15) is 4.98 Å². The molecule has 0 atom stereocenters. The van der Waals surface area contributed by atoms with E-state index in [2.05, 4.69) is 4.98 Å². The van der Waals surface area contributed by atoms with Crippen LogP contribution in [-0.2, 0) is 7.05 Å². The van der Waals surface area contributed by atoms with E-state index in [9.17, 15) is 0 Å². The second kappa shape index (κ2) is 4.85. The molecule has 19 heavy (non-hydrogen) atoms. The number of imidazole rings is 1. The first-order chi connectivity index (χ1) is 9.18. The first-order valence-electron chi connectivity index (χ1n) is 7.01. The fourth-order valence-corrected chi connectivity index (χ4v) is 2.86. The van der Waals surface area contributed by atoms with Crippen molar-refractivity contribution in [3.05, 3.63) is 24.3 Å². The predicted octanol–water partition coefficient (Wildman–Crippen LogP) is 2.61. The second-order valence-electron chi connectivity index (χ2n) is 5.65. The average Bonchev–Trinajstić information content (AvgIpc) is 2.75. The number of fused-ring (bicyclic) bond motifs is 1. The molecule has 1 aliphatic carbocycles. The summed E-state index contributed by atoms with van der Waals surface area (Å²) >= 11 is 0. The van der Waals surface area contributed by atoms with Crippen molar-refractivity contribution in [2.24, 2.45) is 12.8 Å². The number of para-hydroxylation sites is 2. The van der Waals surface area contributed by atoms with E-state index in [1.165, 1.54) is 19.3 Å². The Hall–Kier alpha value is -1.55. The van der Waals surface area contributed by atoms with Crippen LogP contribution in [0.25, 0.3) is 11.0 Å².